The molecule has 2 amide bonds. The van der Waals surface area contributed by atoms with Gasteiger partial charge in [0.25, 0.3) is 5.91 Å². The number of nitrogens with one attached hydrogen (secondary N) is 3. The van der Waals surface area contributed by atoms with E-state index in [2.05, 4.69) is 15.4 Å². The Morgan fingerprint density at radius 3 is 2.50 bits per heavy atom. The molecule has 2 aromatic carbocycles. The largest absolute Gasteiger partial charge is 0.354 e. The van der Waals surface area contributed by atoms with Crippen LogP contribution in [-0.4, -0.2) is 39.4 Å². The maximum Gasteiger partial charge on any atom is 0.262 e. The first-order valence-corrected chi connectivity index (χ1v) is 13.9. The van der Waals surface area contributed by atoms with Crippen LogP contribution in [0.2, 0.25) is 5.02 Å². The standard InChI is InChI=1S/C24H26ClF2N3O4S2/c1-14(2)11-19(30-24(32)21-13-16-18(27)5-3-6-20(16)35-21)23(31)28-9-4-10-29-36(33,34)22-8-7-15(26)12-17(22)25/h3,5-8,12-14,19,29H,4,9-11H2,1-2H3,(H,28,31)(H,30,32)/t19-/m0/s1. The van der Waals surface area contributed by atoms with Crippen LogP contribution in [-0.2, 0) is 14.8 Å². The van der Waals surface area contributed by atoms with Crippen molar-refractivity contribution in [3.63, 3.8) is 0 Å². The van der Waals surface area contributed by atoms with Gasteiger partial charge in [-0.25, -0.2) is 21.9 Å². The second kappa shape index (κ2) is 12.1. The Morgan fingerprint density at radius 1 is 1.08 bits per heavy atom. The molecule has 0 aliphatic carbocycles. The summed E-state index contributed by atoms with van der Waals surface area (Å²) in [5.41, 5.74) is 0. The lowest BCUT2D eigenvalue weighted by atomic mass is 10.0. The van der Waals surface area contributed by atoms with Gasteiger partial charge in [0, 0.05) is 23.2 Å². The lowest BCUT2D eigenvalue weighted by Crippen LogP contribution is -2.47. The van der Waals surface area contributed by atoms with Crippen molar-refractivity contribution >= 4 is 54.9 Å². The van der Waals surface area contributed by atoms with Gasteiger partial charge >= 0.3 is 0 Å². The van der Waals surface area contributed by atoms with Crippen LogP contribution in [0.25, 0.3) is 10.1 Å². The molecule has 0 spiro atoms. The predicted octanol–water partition coefficient (Wildman–Crippen LogP) is 4.46. The minimum Gasteiger partial charge on any atom is -0.354 e. The number of carbonyl (C=O) groups excluding carboxylic acids is 2. The molecule has 0 saturated heterocycles. The molecule has 3 aromatic rings. The van der Waals surface area contributed by atoms with Gasteiger partial charge in [0.2, 0.25) is 15.9 Å². The second-order valence-electron chi connectivity index (χ2n) is 8.53. The third-order valence-electron chi connectivity index (χ3n) is 5.19. The van der Waals surface area contributed by atoms with Crippen LogP contribution in [0.15, 0.2) is 47.4 Å². The summed E-state index contributed by atoms with van der Waals surface area (Å²) in [5, 5.41) is 5.54. The molecule has 0 aliphatic rings. The van der Waals surface area contributed by atoms with Crippen molar-refractivity contribution in [2.75, 3.05) is 13.1 Å². The Kier molecular flexibility index (Phi) is 9.40. The van der Waals surface area contributed by atoms with Gasteiger partial charge in [-0.05, 0) is 55.2 Å². The topological polar surface area (TPSA) is 104 Å². The van der Waals surface area contributed by atoms with Gasteiger partial charge < -0.3 is 10.6 Å². The summed E-state index contributed by atoms with van der Waals surface area (Å²) in [6, 6.07) is 8.24. The van der Waals surface area contributed by atoms with E-state index in [0.717, 1.165) is 29.5 Å². The van der Waals surface area contributed by atoms with Crippen molar-refractivity contribution in [2.24, 2.45) is 5.92 Å². The highest BCUT2D eigenvalue weighted by atomic mass is 35.5. The monoisotopic (exact) mass is 557 g/mol. The molecule has 0 aliphatic heterocycles. The van der Waals surface area contributed by atoms with Crippen LogP contribution >= 0.6 is 22.9 Å². The fourth-order valence-corrected chi connectivity index (χ4v) is 6.05. The van der Waals surface area contributed by atoms with Crippen molar-refractivity contribution in [1.29, 1.82) is 0 Å². The molecule has 0 unspecified atom stereocenters. The number of fused-ring (bicyclic) bond motifs is 1. The summed E-state index contributed by atoms with van der Waals surface area (Å²) >= 11 is 6.96. The number of hydrogen-bond donors (Lipinski definition) is 3. The lowest BCUT2D eigenvalue weighted by Gasteiger charge is -2.20. The molecular weight excluding hydrogens is 532 g/mol. The van der Waals surface area contributed by atoms with Gasteiger partial charge in [0.15, 0.2) is 0 Å². The molecule has 1 aromatic heterocycles. The lowest BCUT2D eigenvalue weighted by molar-refractivity contribution is -0.123. The van der Waals surface area contributed by atoms with E-state index in [-0.39, 0.29) is 35.3 Å². The van der Waals surface area contributed by atoms with Gasteiger partial charge in [0.1, 0.15) is 22.6 Å². The third kappa shape index (κ3) is 7.22. The second-order valence-corrected chi connectivity index (χ2v) is 11.8. The van der Waals surface area contributed by atoms with E-state index in [1.165, 1.54) is 12.1 Å². The Labute approximate surface area is 217 Å². The molecule has 3 rings (SSSR count). The fourth-order valence-electron chi connectivity index (χ4n) is 3.47. The van der Waals surface area contributed by atoms with Crippen molar-refractivity contribution in [3.05, 3.63) is 64.0 Å². The maximum atomic E-state index is 14.0. The highest BCUT2D eigenvalue weighted by molar-refractivity contribution is 7.89. The highest BCUT2D eigenvalue weighted by Crippen LogP contribution is 2.27. The normalized spacial score (nSPS) is 12.6. The summed E-state index contributed by atoms with van der Waals surface area (Å²) in [5.74, 6) is -1.84. The number of thiophene rings is 1. The molecule has 7 nitrogen and oxygen atoms in total. The van der Waals surface area contributed by atoms with Crippen LogP contribution in [0, 0.1) is 17.6 Å². The smallest absolute Gasteiger partial charge is 0.262 e. The molecule has 36 heavy (non-hydrogen) atoms. The van der Waals surface area contributed by atoms with E-state index >= 15 is 0 Å². The maximum absolute atomic E-state index is 14.0. The third-order valence-corrected chi connectivity index (χ3v) is 8.23. The van der Waals surface area contributed by atoms with Crippen LogP contribution in [0.4, 0.5) is 8.78 Å². The Bertz CT molecular complexity index is 1360. The molecule has 3 N–H and O–H groups in total. The molecule has 0 radical (unpaired) electrons. The van der Waals surface area contributed by atoms with Crippen LogP contribution in [0.5, 0.6) is 0 Å². The van der Waals surface area contributed by atoms with Crippen molar-refractivity contribution in [3.8, 4) is 0 Å². The first-order chi connectivity index (χ1) is 17.0. The van der Waals surface area contributed by atoms with Gasteiger partial charge in [0.05, 0.1) is 9.90 Å². The fraction of sp³-hybridized carbons (Fsp3) is 0.333. The molecule has 0 fully saturated rings. The molecule has 1 atom stereocenters. The van der Waals surface area contributed by atoms with E-state index in [0.29, 0.717) is 21.4 Å². The number of benzene rings is 2. The summed E-state index contributed by atoms with van der Waals surface area (Å²) in [6.45, 7) is 3.98. The van der Waals surface area contributed by atoms with Gasteiger partial charge in [-0.1, -0.05) is 31.5 Å². The van der Waals surface area contributed by atoms with Crippen LogP contribution in [0.3, 0.4) is 0 Å². The zero-order chi connectivity index (χ0) is 26.5. The van der Waals surface area contributed by atoms with E-state index in [1.54, 1.807) is 12.1 Å². The van der Waals surface area contributed by atoms with Gasteiger partial charge in [-0.2, -0.15) is 0 Å². The number of halogens is 3. The molecular formula is C24H26ClF2N3O4S2. The summed E-state index contributed by atoms with van der Waals surface area (Å²) in [6.07, 6.45) is 0.647. The van der Waals surface area contributed by atoms with E-state index in [9.17, 15) is 26.8 Å². The van der Waals surface area contributed by atoms with Crippen molar-refractivity contribution < 1.29 is 26.8 Å². The molecule has 194 valence electrons. The summed E-state index contributed by atoms with van der Waals surface area (Å²) in [7, 11) is -3.95. The molecule has 0 bridgehead atoms. The van der Waals surface area contributed by atoms with Gasteiger partial charge in [-0.3, -0.25) is 9.59 Å². The average Bonchev–Trinajstić information content (AvgIpc) is 3.23. The van der Waals surface area contributed by atoms with Crippen LogP contribution < -0.4 is 15.4 Å². The summed E-state index contributed by atoms with van der Waals surface area (Å²) in [4.78, 5) is 25.6. The quantitative estimate of drug-likeness (QED) is 0.303. The SMILES string of the molecule is CC(C)C[C@H](NC(=O)c1cc2c(F)cccc2s1)C(=O)NCCCNS(=O)(=O)c1ccc(F)cc1Cl. The van der Waals surface area contributed by atoms with Crippen molar-refractivity contribution in [2.45, 2.75) is 37.6 Å². The molecule has 0 saturated carbocycles. The number of hydrogen-bond acceptors (Lipinski definition) is 5. The number of sulfonamides is 1. The molecule has 12 heteroatoms. The number of carbonyl (C=O) groups is 2. The predicted molar refractivity (Wildman–Crippen MR) is 137 cm³/mol. The number of amides is 2. The zero-order valence-corrected chi connectivity index (χ0v) is 22.0. The highest BCUT2D eigenvalue weighted by Gasteiger charge is 2.24. The Morgan fingerprint density at radius 2 is 1.83 bits per heavy atom. The van der Waals surface area contributed by atoms with E-state index < -0.39 is 39.5 Å². The molecule has 1 heterocycles. The van der Waals surface area contributed by atoms with Gasteiger partial charge in [-0.15, -0.1) is 11.3 Å². The van der Waals surface area contributed by atoms with Crippen LogP contribution in [0.1, 0.15) is 36.4 Å². The Hall–Kier alpha value is -2.60. The first kappa shape index (κ1) is 28.0. The Balaban J connectivity index is 1.54. The van der Waals surface area contributed by atoms with E-state index in [1.807, 2.05) is 13.8 Å². The summed E-state index contributed by atoms with van der Waals surface area (Å²) < 4.78 is 54.9. The minimum atomic E-state index is -3.95. The minimum absolute atomic E-state index is 0.00483. The average molecular weight is 558 g/mol. The van der Waals surface area contributed by atoms with Crippen molar-refractivity contribution in [1.82, 2.24) is 15.4 Å². The zero-order valence-electron chi connectivity index (χ0n) is 19.6. The van der Waals surface area contributed by atoms with E-state index in [4.69, 9.17) is 11.6 Å². The first-order valence-electron chi connectivity index (χ1n) is 11.2. The number of rotatable bonds is 11.